The van der Waals surface area contributed by atoms with Gasteiger partial charge in [-0.05, 0) is 223 Å². The number of para-hydroxylation sites is 3. The van der Waals surface area contributed by atoms with E-state index < -0.39 is 0 Å². The third-order valence-electron chi connectivity index (χ3n) is 21.4. The minimum absolute atomic E-state index is 0.916. The number of hydrogen-bond donors (Lipinski definition) is 0. The molecule has 492 valence electrons. The second-order valence-corrected chi connectivity index (χ2v) is 28.3. The van der Waals surface area contributed by atoms with Crippen molar-refractivity contribution in [3.63, 3.8) is 0 Å². The Morgan fingerprint density at radius 1 is 0.210 bits per heavy atom. The van der Waals surface area contributed by atoms with Gasteiger partial charge in [-0.15, -0.1) is 0 Å². The summed E-state index contributed by atoms with van der Waals surface area (Å²) in [4.78, 5) is 0. The van der Waals surface area contributed by atoms with Crippen molar-refractivity contribution >= 4 is 125 Å². The van der Waals surface area contributed by atoms with Crippen LogP contribution in [0.3, 0.4) is 0 Å². The Morgan fingerprint density at radius 3 is 1.02 bits per heavy atom. The molecule has 3 nitrogen and oxygen atoms in total. The zero-order valence-electron chi connectivity index (χ0n) is 57.1. The summed E-state index contributed by atoms with van der Waals surface area (Å²) in [6.45, 7) is 0. The van der Waals surface area contributed by atoms with E-state index in [4.69, 9.17) is 8.83 Å². The molecule has 0 bridgehead atoms. The van der Waals surface area contributed by atoms with Gasteiger partial charge in [-0.2, -0.15) is 0 Å². The summed E-state index contributed by atoms with van der Waals surface area (Å²) in [5, 5.41) is 17.4. The molecule has 1 aliphatic rings. The van der Waals surface area contributed by atoms with Crippen molar-refractivity contribution in [3.8, 4) is 83.6 Å². The molecule has 4 heteroatoms. The van der Waals surface area contributed by atoms with E-state index in [1.54, 1.807) is 0 Å². The minimum Gasteiger partial charge on any atom is -0.456 e. The largest absolute Gasteiger partial charge is 0.456 e. The summed E-state index contributed by atoms with van der Waals surface area (Å²) >= 11 is 3.56. The topological polar surface area (TPSA) is 31.2 Å². The van der Waals surface area contributed by atoms with Crippen molar-refractivity contribution < 1.29 is 8.83 Å². The van der Waals surface area contributed by atoms with E-state index in [0.29, 0.717) is 0 Å². The molecule has 18 aromatic carbocycles. The number of fused-ring (bicyclic) bond motifs is 16. The van der Waals surface area contributed by atoms with Crippen molar-refractivity contribution in [1.29, 1.82) is 0 Å². The quantitative estimate of drug-likeness (QED) is 0.149. The summed E-state index contributed by atoms with van der Waals surface area (Å²) in [5.41, 5.74) is 27.8. The molecule has 0 amide bonds. The summed E-state index contributed by atoms with van der Waals surface area (Å²) in [7, 11) is 0. The standard InChI is InChI=1S/C50H31NO.C26H17Br.C25H16O/c1-2-12-32(13-3-1)49-39-16-4-6-18-41(39)50(42-19-7-5-17-40(42)49)33-22-26-36(27-23-33)51-45-20-10-8-14-37(45)43-30-34(24-28-46(43)51)35-25-29-48-44(31-35)38-15-9-11-21-47(38)52-48;27-20-16-14-19(15-17-20)26-23-12-6-4-10-21(23)25(18-8-2-1-3-9-18)22-11-5-7-13-24(22)26;1-2-6-20-18(5-1)13-19-10-9-16(14-22(19)20)17-11-12-25-23(15-17)21-7-3-4-8-24(21)26-25/h1-31H;1-17H;1-12,14-15H,13H2. The highest BCUT2D eigenvalue weighted by molar-refractivity contribution is 9.10. The van der Waals surface area contributed by atoms with Gasteiger partial charge in [0.15, 0.2) is 0 Å². The van der Waals surface area contributed by atoms with Crippen molar-refractivity contribution in [2.24, 2.45) is 0 Å². The van der Waals surface area contributed by atoms with Crippen molar-refractivity contribution in [3.05, 3.63) is 392 Å². The fraction of sp³-hybridized carbons (Fsp3) is 0.00990. The number of benzene rings is 18. The van der Waals surface area contributed by atoms with Crippen LogP contribution in [0.25, 0.3) is 192 Å². The Kier molecular flexibility index (Phi) is 15.1. The van der Waals surface area contributed by atoms with E-state index in [9.17, 15) is 0 Å². The number of hydrogen-bond acceptors (Lipinski definition) is 2. The normalized spacial score (nSPS) is 11.8. The van der Waals surface area contributed by atoms with Gasteiger partial charge in [0.25, 0.3) is 0 Å². The van der Waals surface area contributed by atoms with Gasteiger partial charge in [0.2, 0.25) is 0 Å². The van der Waals surface area contributed by atoms with E-state index >= 15 is 0 Å². The van der Waals surface area contributed by atoms with E-state index in [1.807, 2.05) is 24.3 Å². The molecular weight excluding hydrogens is 1340 g/mol. The SMILES string of the molecule is Brc1ccc(-c2c3ccccc3c(-c3ccccc3)c3ccccc23)cc1.c1ccc(-c2c3ccccc3c(-c3ccc(-n4c5ccccc5c5cc(-c6ccc7oc8ccccc8c7c6)ccc54)cc3)c3ccccc23)cc1.c1ccc2c(c1)Cc1ccc(-c3ccc4oc5ccccc5c4c3)cc1-2. The van der Waals surface area contributed by atoms with E-state index in [2.05, 4.69) is 372 Å². The molecule has 0 radical (unpaired) electrons. The molecular formula is C101H64BrNO2. The summed E-state index contributed by atoms with van der Waals surface area (Å²) < 4.78 is 15.6. The van der Waals surface area contributed by atoms with Crippen LogP contribution in [0, 0.1) is 0 Å². The van der Waals surface area contributed by atoms with Gasteiger partial charge in [0.1, 0.15) is 22.3 Å². The molecule has 21 aromatic rings. The molecule has 0 atom stereocenters. The maximum Gasteiger partial charge on any atom is 0.135 e. The number of aromatic nitrogens is 1. The van der Waals surface area contributed by atoms with Crippen LogP contribution < -0.4 is 0 Å². The molecule has 3 aromatic heterocycles. The number of nitrogens with zero attached hydrogens (tertiary/aromatic N) is 1. The van der Waals surface area contributed by atoms with E-state index in [1.165, 1.54) is 165 Å². The van der Waals surface area contributed by atoms with Crippen LogP contribution in [0.15, 0.2) is 389 Å². The maximum atomic E-state index is 6.12. The second kappa shape index (κ2) is 25.7. The fourth-order valence-electron chi connectivity index (χ4n) is 16.6. The van der Waals surface area contributed by atoms with Crippen LogP contribution in [0.2, 0.25) is 0 Å². The Morgan fingerprint density at radius 2 is 0.533 bits per heavy atom. The van der Waals surface area contributed by atoms with Gasteiger partial charge in [0.05, 0.1) is 11.0 Å². The van der Waals surface area contributed by atoms with Crippen LogP contribution in [0.1, 0.15) is 11.1 Å². The lowest BCUT2D eigenvalue weighted by molar-refractivity contribution is 0.668. The molecule has 3 heterocycles. The Hall–Kier alpha value is -13.1. The van der Waals surface area contributed by atoms with Crippen LogP contribution in [0.4, 0.5) is 0 Å². The van der Waals surface area contributed by atoms with Gasteiger partial charge in [-0.3, -0.25) is 0 Å². The zero-order valence-corrected chi connectivity index (χ0v) is 58.7. The van der Waals surface area contributed by atoms with Gasteiger partial charge < -0.3 is 13.4 Å². The average molecular weight is 1400 g/mol. The first-order valence-corrected chi connectivity index (χ1v) is 36.7. The Balaban J connectivity index is 0.000000116. The number of rotatable bonds is 7. The fourth-order valence-corrected chi connectivity index (χ4v) is 16.9. The average Bonchev–Trinajstić information content (AvgIpc) is 1.67. The van der Waals surface area contributed by atoms with Crippen LogP contribution in [0.5, 0.6) is 0 Å². The highest BCUT2D eigenvalue weighted by Gasteiger charge is 2.22. The number of furan rings is 2. The summed E-state index contributed by atoms with van der Waals surface area (Å²) in [5.74, 6) is 0. The summed E-state index contributed by atoms with van der Waals surface area (Å²) in [6, 6.07) is 135. The van der Waals surface area contributed by atoms with Gasteiger partial charge >= 0.3 is 0 Å². The smallest absolute Gasteiger partial charge is 0.135 e. The number of halogens is 1. The Bertz CT molecular complexity index is 6870. The Labute approximate surface area is 615 Å². The van der Waals surface area contributed by atoms with Crippen LogP contribution >= 0.6 is 15.9 Å². The predicted molar refractivity (Wildman–Crippen MR) is 447 cm³/mol. The molecule has 0 saturated carbocycles. The van der Waals surface area contributed by atoms with E-state index in [0.717, 1.165) is 49.7 Å². The third kappa shape index (κ3) is 10.7. The second-order valence-electron chi connectivity index (χ2n) is 27.4. The zero-order chi connectivity index (χ0) is 69.5. The molecule has 0 aliphatic heterocycles. The molecule has 0 saturated heterocycles. The highest BCUT2D eigenvalue weighted by Crippen LogP contribution is 2.48. The molecule has 0 spiro atoms. The molecule has 0 unspecified atom stereocenters. The monoisotopic (exact) mass is 1400 g/mol. The molecule has 1 aliphatic carbocycles. The van der Waals surface area contributed by atoms with Crippen molar-refractivity contribution in [1.82, 2.24) is 4.57 Å². The van der Waals surface area contributed by atoms with Gasteiger partial charge in [-0.1, -0.05) is 307 Å². The first kappa shape index (κ1) is 61.7. The molecule has 22 rings (SSSR count). The van der Waals surface area contributed by atoms with Gasteiger partial charge in [0, 0.05) is 42.5 Å². The first-order chi connectivity index (χ1) is 52.0. The van der Waals surface area contributed by atoms with Gasteiger partial charge in [-0.25, -0.2) is 0 Å². The molecule has 105 heavy (non-hydrogen) atoms. The van der Waals surface area contributed by atoms with Crippen molar-refractivity contribution in [2.75, 3.05) is 0 Å². The predicted octanol–water partition coefficient (Wildman–Crippen LogP) is 28.9. The third-order valence-corrected chi connectivity index (χ3v) is 22.0. The summed E-state index contributed by atoms with van der Waals surface area (Å²) in [6.07, 6.45) is 1.04. The lowest BCUT2D eigenvalue weighted by Gasteiger charge is -2.18. The van der Waals surface area contributed by atoms with Crippen LogP contribution in [-0.4, -0.2) is 4.57 Å². The first-order valence-electron chi connectivity index (χ1n) is 35.9. The lowest BCUT2D eigenvalue weighted by Crippen LogP contribution is -1.94. The van der Waals surface area contributed by atoms with E-state index in [-0.39, 0.29) is 0 Å². The highest BCUT2D eigenvalue weighted by atomic mass is 79.9. The molecule has 0 fully saturated rings. The lowest BCUT2D eigenvalue weighted by atomic mass is 9.86. The molecule has 0 N–H and O–H groups in total. The minimum atomic E-state index is 0.916. The maximum absolute atomic E-state index is 6.12. The van der Waals surface area contributed by atoms with Crippen molar-refractivity contribution in [2.45, 2.75) is 6.42 Å². The van der Waals surface area contributed by atoms with Crippen LogP contribution in [-0.2, 0) is 6.42 Å².